The Balaban J connectivity index is 2.25. The van der Waals surface area contributed by atoms with Crippen LogP contribution in [0.25, 0.3) is 11.1 Å². The summed E-state index contributed by atoms with van der Waals surface area (Å²) in [6.07, 6.45) is 0. The molecule has 0 aliphatic heterocycles. The molecule has 25 heavy (non-hydrogen) atoms. The lowest BCUT2D eigenvalue weighted by Crippen LogP contribution is -2.13. The van der Waals surface area contributed by atoms with Gasteiger partial charge in [0.2, 0.25) is 0 Å². The van der Waals surface area contributed by atoms with Crippen molar-refractivity contribution in [3.8, 4) is 16.9 Å². The second-order valence-electron chi connectivity index (χ2n) is 5.15. The largest absolute Gasteiger partial charge is 0.488 e. The SMILES string of the molecule is C=C(C)C(=O)OCCOc1c(Br)cc(Br)cc1-c1ccc(Br)cc1Br. The van der Waals surface area contributed by atoms with Crippen LogP contribution in [0.3, 0.4) is 0 Å². The van der Waals surface area contributed by atoms with Gasteiger partial charge in [-0.2, -0.15) is 0 Å². The maximum atomic E-state index is 11.4. The van der Waals surface area contributed by atoms with Crippen LogP contribution in [-0.2, 0) is 9.53 Å². The van der Waals surface area contributed by atoms with Gasteiger partial charge >= 0.3 is 5.97 Å². The third kappa shape index (κ3) is 5.67. The maximum absolute atomic E-state index is 11.4. The zero-order valence-corrected chi connectivity index (χ0v) is 19.6. The van der Waals surface area contributed by atoms with Crippen LogP contribution in [-0.4, -0.2) is 19.2 Å². The third-order valence-electron chi connectivity index (χ3n) is 3.14. The first-order chi connectivity index (χ1) is 11.8. The normalized spacial score (nSPS) is 10.4. The van der Waals surface area contributed by atoms with E-state index in [1.54, 1.807) is 6.92 Å². The predicted molar refractivity (Wildman–Crippen MR) is 114 cm³/mol. The quantitative estimate of drug-likeness (QED) is 0.206. The van der Waals surface area contributed by atoms with E-state index >= 15 is 0 Å². The smallest absolute Gasteiger partial charge is 0.333 e. The zero-order chi connectivity index (χ0) is 18.6. The highest BCUT2D eigenvalue weighted by atomic mass is 79.9. The molecule has 132 valence electrons. The first-order valence-corrected chi connectivity index (χ1v) is 10.4. The van der Waals surface area contributed by atoms with E-state index in [0.29, 0.717) is 11.3 Å². The van der Waals surface area contributed by atoms with Gasteiger partial charge in [0.05, 0.1) is 4.47 Å². The van der Waals surface area contributed by atoms with Crippen LogP contribution < -0.4 is 4.74 Å². The summed E-state index contributed by atoms with van der Waals surface area (Å²) in [4.78, 5) is 11.4. The van der Waals surface area contributed by atoms with Gasteiger partial charge in [-0.05, 0) is 52.7 Å². The summed E-state index contributed by atoms with van der Waals surface area (Å²) < 4.78 is 14.6. The van der Waals surface area contributed by atoms with E-state index in [9.17, 15) is 4.79 Å². The molecule has 2 rings (SSSR count). The van der Waals surface area contributed by atoms with Crippen molar-refractivity contribution in [2.45, 2.75) is 6.92 Å². The fourth-order valence-corrected chi connectivity index (χ4v) is 4.62. The molecule has 0 radical (unpaired) electrons. The summed E-state index contributed by atoms with van der Waals surface area (Å²) in [5.41, 5.74) is 2.26. The second-order valence-corrected chi connectivity index (χ2v) is 8.69. The van der Waals surface area contributed by atoms with E-state index in [-0.39, 0.29) is 13.2 Å². The lowest BCUT2D eigenvalue weighted by atomic mass is 10.0. The molecule has 0 saturated carbocycles. The Morgan fingerprint density at radius 2 is 1.64 bits per heavy atom. The van der Waals surface area contributed by atoms with Gasteiger partial charge in [0, 0.05) is 24.6 Å². The van der Waals surface area contributed by atoms with Crippen LogP contribution in [0.15, 0.2) is 60.4 Å². The third-order valence-corrected chi connectivity index (χ3v) is 5.34. The molecule has 7 heteroatoms. The van der Waals surface area contributed by atoms with Gasteiger partial charge in [-0.1, -0.05) is 60.4 Å². The molecule has 0 heterocycles. The Bertz CT molecular complexity index is 818. The zero-order valence-electron chi connectivity index (χ0n) is 13.2. The van der Waals surface area contributed by atoms with Crippen LogP contribution in [0.5, 0.6) is 5.75 Å². The molecule has 0 aliphatic carbocycles. The monoisotopic (exact) mass is 594 g/mol. The molecule has 0 aliphatic rings. The van der Waals surface area contributed by atoms with E-state index in [1.807, 2.05) is 30.3 Å². The van der Waals surface area contributed by atoms with Crippen molar-refractivity contribution in [2.24, 2.45) is 0 Å². The Labute approximate surface area is 180 Å². The number of rotatable bonds is 6. The van der Waals surface area contributed by atoms with Crippen LogP contribution in [0.4, 0.5) is 0 Å². The molecule has 0 unspecified atom stereocenters. The molecule has 2 aromatic rings. The van der Waals surface area contributed by atoms with Crippen molar-refractivity contribution < 1.29 is 14.3 Å². The first-order valence-electron chi connectivity index (χ1n) is 7.19. The highest BCUT2D eigenvalue weighted by Crippen LogP contribution is 2.42. The molecule has 0 atom stereocenters. The summed E-state index contributed by atoms with van der Waals surface area (Å²) in [6.45, 7) is 5.54. The number of benzene rings is 2. The van der Waals surface area contributed by atoms with Gasteiger partial charge in [-0.15, -0.1) is 0 Å². The topological polar surface area (TPSA) is 35.5 Å². The van der Waals surface area contributed by atoms with Gasteiger partial charge in [0.15, 0.2) is 0 Å². The number of ether oxygens (including phenoxy) is 2. The standard InChI is InChI=1S/C18H14Br4O3/c1-10(2)18(23)25-6-5-24-17-14(7-12(20)9-16(17)22)13-4-3-11(19)8-15(13)21/h3-4,7-9H,1,5-6H2,2H3. The summed E-state index contributed by atoms with van der Waals surface area (Å²) in [5.74, 6) is 0.256. The molecule has 3 nitrogen and oxygen atoms in total. The van der Waals surface area contributed by atoms with Crippen LogP contribution in [0.1, 0.15) is 6.92 Å². The van der Waals surface area contributed by atoms with Gasteiger partial charge in [0.25, 0.3) is 0 Å². The molecular weight excluding hydrogens is 584 g/mol. The molecule has 0 bridgehead atoms. The molecule has 0 saturated heterocycles. The average Bonchev–Trinajstić information content (AvgIpc) is 2.52. The minimum absolute atomic E-state index is 0.148. The number of halogens is 4. The summed E-state index contributed by atoms with van der Waals surface area (Å²) in [7, 11) is 0. The van der Waals surface area contributed by atoms with Crippen molar-refractivity contribution in [1.29, 1.82) is 0 Å². The number of hydrogen-bond donors (Lipinski definition) is 0. The van der Waals surface area contributed by atoms with Crippen LogP contribution >= 0.6 is 63.7 Å². The van der Waals surface area contributed by atoms with Crippen LogP contribution in [0.2, 0.25) is 0 Å². The van der Waals surface area contributed by atoms with Crippen molar-refractivity contribution >= 4 is 69.7 Å². The van der Waals surface area contributed by atoms with Crippen molar-refractivity contribution in [1.82, 2.24) is 0 Å². The van der Waals surface area contributed by atoms with Crippen molar-refractivity contribution in [3.63, 3.8) is 0 Å². The Kier molecular flexibility index (Phi) is 7.73. The summed E-state index contributed by atoms with van der Waals surface area (Å²) >= 11 is 14.1. The molecular formula is C18H14Br4O3. The molecule has 0 aromatic heterocycles. The first kappa shape index (κ1) is 20.7. The molecule has 2 aromatic carbocycles. The van der Waals surface area contributed by atoms with E-state index in [2.05, 4.69) is 70.3 Å². The lowest BCUT2D eigenvalue weighted by Gasteiger charge is -2.16. The predicted octanol–water partition coefficient (Wildman–Crippen LogP) is 6.90. The van der Waals surface area contributed by atoms with E-state index in [4.69, 9.17) is 9.47 Å². The maximum Gasteiger partial charge on any atom is 0.333 e. The number of esters is 1. The van der Waals surface area contributed by atoms with Crippen LogP contribution in [0, 0.1) is 0 Å². The minimum Gasteiger partial charge on any atom is -0.488 e. The molecule has 0 fully saturated rings. The number of carbonyl (C=O) groups excluding carboxylic acids is 1. The summed E-state index contributed by atoms with van der Waals surface area (Å²) in [6, 6.07) is 9.83. The fourth-order valence-electron chi connectivity index (χ4n) is 2.02. The Morgan fingerprint density at radius 3 is 2.28 bits per heavy atom. The molecule has 0 spiro atoms. The molecule has 0 N–H and O–H groups in total. The van der Waals surface area contributed by atoms with E-state index < -0.39 is 5.97 Å². The second kappa shape index (κ2) is 9.35. The van der Waals surface area contributed by atoms with Gasteiger partial charge in [0.1, 0.15) is 19.0 Å². The average molecular weight is 598 g/mol. The Morgan fingerprint density at radius 1 is 0.960 bits per heavy atom. The van der Waals surface area contributed by atoms with Gasteiger partial charge < -0.3 is 9.47 Å². The van der Waals surface area contributed by atoms with E-state index in [0.717, 1.165) is 29.0 Å². The lowest BCUT2D eigenvalue weighted by molar-refractivity contribution is -0.139. The van der Waals surface area contributed by atoms with E-state index in [1.165, 1.54) is 0 Å². The van der Waals surface area contributed by atoms with Gasteiger partial charge in [-0.3, -0.25) is 0 Å². The fraction of sp³-hybridized carbons (Fsp3) is 0.167. The molecule has 0 amide bonds. The highest BCUT2D eigenvalue weighted by molar-refractivity contribution is 9.11. The van der Waals surface area contributed by atoms with Crippen molar-refractivity contribution in [3.05, 3.63) is 60.4 Å². The number of carbonyl (C=O) groups is 1. The highest BCUT2D eigenvalue weighted by Gasteiger charge is 2.15. The number of hydrogen-bond acceptors (Lipinski definition) is 3. The summed E-state index contributed by atoms with van der Waals surface area (Å²) in [5, 5.41) is 0. The Hall–Kier alpha value is -0.630. The van der Waals surface area contributed by atoms with Crippen molar-refractivity contribution in [2.75, 3.05) is 13.2 Å². The van der Waals surface area contributed by atoms with Gasteiger partial charge in [-0.25, -0.2) is 4.79 Å². The minimum atomic E-state index is -0.422.